The predicted octanol–water partition coefficient (Wildman–Crippen LogP) is 5.87. The largest absolute Gasteiger partial charge is 0.309 e. The second-order valence-electron chi connectivity index (χ2n) is 7.98. The smallest absolute Gasteiger partial charge is 0.260 e. The van der Waals surface area contributed by atoms with Crippen LogP contribution in [0, 0.1) is 6.92 Å². The summed E-state index contributed by atoms with van der Waals surface area (Å²) in [4.78, 5) is 22.3. The van der Waals surface area contributed by atoms with Gasteiger partial charge in [-0.25, -0.2) is 4.98 Å². The maximum absolute atomic E-state index is 13.5. The number of carbonyl (C=O) groups excluding carboxylic acids is 1. The van der Waals surface area contributed by atoms with Crippen LogP contribution in [-0.4, -0.2) is 43.0 Å². The standard InChI is InChI=1S/C26H27N3OS/c1-19-9-7-12-23-24(19)27-26(31-23)29(18-8-17-28(2)3)25(30)22-15-13-21(14-16-22)20-10-5-4-6-11-20/h4-7,9-16H,8,17-18H2,1-3H3. The third-order valence-corrected chi connectivity index (χ3v) is 6.36. The molecule has 0 unspecified atom stereocenters. The molecule has 0 spiro atoms. The highest BCUT2D eigenvalue weighted by Gasteiger charge is 2.21. The Hall–Kier alpha value is -3.02. The van der Waals surface area contributed by atoms with E-state index in [0.717, 1.165) is 45.0 Å². The van der Waals surface area contributed by atoms with Crippen molar-refractivity contribution in [3.8, 4) is 11.1 Å². The molecule has 0 aliphatic heterocycles. The number of thiazole rings is 1. The molecule has 0 saturated heterocycles. The van der Waals surface area contributed by atoms with Gasteiger partial charge < -0.3 is 4.90 Å². The van der Waals surface area contributed by atoms with Gasteiger partial charge in [-0.15, -0.1) is 0 Å². The van der Waals surface area contributed by atoms with Crippen molar-refractivity contribution in [3.05, 3.63) is 83.9 Å². The third kappa shape index (κ3) is 4.84. The van der Waals surface area contributed by atoms with E-state index < -0.39 is 0 Å². The summed E-state index contributed by atoms with van der Waals surface area (Å²) in [6.45, 7) is 3.61. The monoisotopic (exact) mass is 429 g/mol. The molecule has 4 aromatic rings. The summed E-state index contributed by atoms with van der Waals surface area (Å²) in [5, 5.41) is 0.764. The molecule has 1 aromatic heterocycles. The first-order valence-electron chi connectivity index (χ1n) is 10.5. The van der Waals surface area contributed by atoms with Crippen molar-refractivity contribution in [3.63, 3.8) is 0 Å². The summed E-state index contributed by atoms with van der Waals surface area (Å²) in [6, 6.07) is 24.3. The van der Waals surface area contributed by atoms with Gasteiger partial charge in [-0.2, -0.15) is 0 Å². The topological polar surface area (TPSA) is 36.4 Å². The van der Waals surface area contributed by atoms with Crippen LogP contribution in [0.15, 0.2) is 72.8 Å². The van der Waals surface area contributed by atoms with Crippen LogP contribution < -0.4 is 4.90 Å². The molecule has 0 N–H and O–H groups in total. The first kappa shape index (κ1) is 21.2. The Morgan fingerprint density at radius 2 is 1.58 bits per heavy atom. The van der Waals surface area contributed by atoms with Crippen LogP contribution in [0.1, 0.15) is 22.3 Å². The third-order valence-electron chi connectivity index (χ3n) is 5.31. The zero-order chi connectivity index (χ0) is 21.8. The van der Waals surface area contributed by atoms with Gasteiger partial charge >= 0.3 is 0 Å². The average Bonchev–Trinajstić information content (AvgIpc) is 3.22. The van der Waals surface area contributed by atoms with Crippen molar-refractivity contribution in [1.82, 2.24) is 9.88 Å². The molecule has 158 valence electrons. The molecule has 1 heterocycles. The van der Waals surface area contributed by atoms with Gasteiger partial charge in [0.2, 0.25) is 0 Å². The van der Waals surface area contributed by atoms with Crippen LogP contribution in [0.25, 0.3) is 21.3 Å². The maximum atomic E-state index is 13.5. The van der Waals surface area contributed by atoms with E-state index in [4.69, 9.17) is 4.98 Å². The molecule has 3 aromatic carbocycles. The lowest BCUT2D eigenvalue weighted by Crippen LogP contribution is -2.33. The quantitative estimate of drug-likeness (QED) is 0.369. The number of rotatable bonds is 7. The molecule has 0 atom stereocenters. The summed E-state index contributed by atoms with van der Waals surface area (Å²) in [5.74, 6) is -0.00456. The summed E-state index contributed by atoms with van der Waals surface area (Å²) in [5.41, 5.74) is 5.04. The lowest BCUT2D eigenvalue weighted by Gasteiger charge is -2.21. The molecular weight excluding hydrogens is 402 g/mol. The molecule has 0 radical (unpaired) electrons. The maximum Gasteiger partial charge on any atom is 0.260 e. The molecule has 0 aliphatic carbocycles. The Morgan fingerprint density at radius 1 is 0.871 bits per heavy atom. The predicted molar refractivity (Wildman–Crippen MR) is 131 cm³/mol. The van der Waals surface area contributed by atoms with Crippen molar-refractivity contribution in [2.45, 2.75) is 13.3 Å². The zero-order valence-electron chi connectivity index (χ0n) is 18.2. The number of nitrogens with zero attached hydrogens (tertiary/aromatic N) is 3. The molecule has 0 bridgehead atoms. The highest BCUT2D eigenvalue weighted by atomic mass is 32.1. The summed E-state index contributed by atoms with van der Waals surface area (Å²) in [6.07, 6.45) is 0.885. The summed E-state index contributed by atoms with van der Waals surface area (Å²) in [7, 11) is 4.10. The van der Waals surface area contributed by atoms with Crippen LogP contribution >= 0.6 is 11.3 Å². The number of hydrogen-bond acceptors (Lipinski definition) is 4. The van der Waals surface area contributed by atoms with Gasteiger partial charge in [-0.3, -0.25) is 9.69 Å². The molecule has 0 fully saturated rings. The van der Waals surface area contributed by atoms with Gasteiger partial charge in [0, 0.05) is 12.1 Å². The minimum Gasteiger partial charge on any atom is -0.309 e. The molecule has 5 heteroatoms. The van der Waals surface area contributed by atoms with Gasteiger partial charge in [0.15, 0.2) is 5.13 Å². The van der Waals surface area contributed by atoms with Crippen molar-refractivity contribution in [2.75, 3.05) is 32.1 Å². The van der Waals surface area contributed by atoms with Crippen LogP contribution in [0.4, 0.5) is 5.13 Å². The first-order valence-corrected chi connectivity index (χ1v) is 11.3. The number of aryl methyl sites for hydroxylation is 1. The normalized spacial score (nSPS) is 11.2. The van der Waals surface area contributed by atoms with E-state index in [2.05, 4.69) is 50.2 Å². The van der Waals surface area contributed by atoms with Crippen molar-refractivity contribution in [2.24, 2.45) is 0 Å². The number of anilines is 1. The lowest BCUT2D eigenvalue weighted by atomic mass is 10.0. The Balaban J connectivity index is 1.63. The van der Waals surface area contributed by atoms with Gasteiger partial charge in [0.05, 0.1) is 10.2 Å². The lowest BCUT2D eigenvalue weighted by molar-refractivity contribution is 0.0986. The fourth-order valence-electron chi connectivity index (χ4n) is 3.61. The van der Waals surface area contributed by atoms with E-state index in [-0.39, 0.29) is 5.91 Å². The molecule has 4 rings (SSSR count). The van der Waals surface area contributed by atoms with Crippen LogP contribution in [0.3, 0.4) is 0 Å². The average molecular weight is 430 g/mol. The molecule has 4 nitrogen and oxygen atoms in total. The van der Waals surface area contributed by atoms with Gasteiger partial charge in [-0.1, -0.05) is 65.9 Å². The second-order valence-corrected chi connectivity index (χ2v) is 8.98. The second kappa shape index (κ2) is 9.41. The van der Waals surface area contributed by atoms with E-state index in [1.54, 1.807) is 11.3 Å². The number of carbonyl (C=O) groups is 1. The fourth-order valence-corrected chi connectivity index (χ4v) is 4.68. The number of aromatic nitrogens is 1. The van der Waals surface area contributed by atoms with E-state index >= 15 is 0 Å². The van der Waals surface area contributed by atoms with Crippen LogP contribution in [0.5, 0.6) is 0 Å². The Kier molecular flexibility index (Phi) is 6.44. The number of hydrogen-bond donors (Lipinski definition) is 0. The van der Waals surface area contributed by atoms with Crippen molar-refractivity contribution >= 4 is 32.6 Å². The van der Waals surface area contributed by atoms with E-state index in [0.29, 0.717) is 12.1 Å². The minimum absolute atomic E-state index is 0.00456. The van der Waals surface area contributed by atoms with E-state index in [9.17, 15) is 4.79 Å². The van der Waals surface area contributed by atoms with Gasteiger partial charge in [-0.05, 0) is 68.9 Å². The minimum atomic E-state index is -0.00456. The molecular formula is C26H27N3OS. The fraction of sp³-hybridized carbons (Fsp3) is 0.231. The number of fused-ring (bicyclic) bond motifs is 1. The van der Waals surface area contributed by atoms with Gasteiger partial charge in [0.1, 0.15) is 0 Å². The van der Waals surface area contributed by atoms with Crippen molar-refractivity contribution in [1.29, 1.82) is 0 Å². The molecule has 31 heavy (non-hydrogen) atoms. The molecule has 0 aliphatic rings. The Labute approximate surface area is 187 Å². The van der Waals surface area contributed by atoms with Crippen LogP contribution in [0.2, 0.25) is 0 Å². The van der Waals surface area contributed by atoms with E-state index in [1.807, 2.05) is 53.4 Å². The Bertz CT molecular complexity index is 1170. The molecule has 0 saturated carbocycles. The number of benzene rings is 3. The Morgan fingerprint density at radius 3 is 2.26 bits per heavy atom. The van der Waals surface area contributed by atoms with E-state index in [1.165, 1.54) is 0 Å². The molecule has 1 amide bonds. The van der Waals surface area contributed by atoms with Gasteiger partial charge in [0.25, 0.3) is 5.91 Å². The number of amides is 1. The first-order chi connectivity index (χ1) is 15.0. The SMILES string of the molecule is Cc1cccc2sc(N(CCCN(C)C)C(=O)c3ccc(-c4ccccc4)cc3)nc12. The van der Waals surface area contributed by atoms with Crippen LogP contribution in [-0.2, 0) is 0 Å². The summed E-state index contributed by atoms with van der Waals surface area (Å²) < 4.78 is 1.11. The summed E-state index contributed by atoms with van der Waals surface area (Å²) >= 11 is 1.58. The highest BCUT2D eigenvalue weighted by Crippen LogP contribution is 2.31. The highest BCUT2D eigenvalue weighted by molar-refractivity contribution is 7.22. The van der Waals surface area contributed by atoms with Crippen molar-refractivity contribution < 1.29 is 4.79 Å². The zero-order valence-corrected chi connectivity index (χ0v) is 19.0. The number of para-hydroxylation sites is 1.